The maximum absolute atomic E-state index is 12.1. The van der Waals surface area contributed by atoms with Gasteiger partial charge in [0.1, 0.15) is 6.61 Å². The van der Waals surface area contributed by atoms with Gasteiger partial charge in [0, 0.05) is 0 Å². The van der Waals surface area contributed by atoms with Gasteiger partial charge in [-0.05, 0) is 13.3 Å². The SMILES string of the molecule is CCC(C)OC(=O)C(COC(=O)C(F)(F)F)NC(=O)C(F)(F)F. The van der Waals surface area contributed by atoms with Gasteiger partial charge in [-0.15, -0.1) is 0 Å². The van der Waals surface area contributed by atoms with Gasteiger partial charge in [-0.1, -0.05) is 6.92 Å². The summed E-state index contributed by atoms with van der Waals surface area (Å²) >= 11 is 0. The fraction of sp³-hybridized carbons (Fsp3) is 0.727. The topological polar surface area (TPSA) is 81.7 Å². The van der Waals surface area contributed by atoms with Crippen LogP contribution in [0.1, 0.15) is 20.3 Å². The number of halogens is 6. The van der Waals surface area contributed by atoms with Gasteiger partial charge in [-0.25, -0.2) is 9.59 Å². The molecule has 2 unspecified atom stereocenters. The lowest BCUT2D eigenvalue weighted by Gasteiger charge is -2.20. The molecule has 0 bridgehead atoms. The Morgan fingerprint density at radius 3 is 1.96 bits per heavy atom. The van der Waals surface area contributed by atoms with Crippen LogP contribution in [0.4, 0.5) is 26.3 Å². The normalized spacial score (nSPS) is 14.6. The summed E-state index contributed by atoms with van der Waals surface area (Å²) in [6.45, 7) is 1.46. The van der Waals surface area contributed by atoms with Crippen LogP contribution in [0.5, 0.6) is 0 Å². The Hall–Kier alpha value is -2.01. The van der Waals surface area contributed by atoms with Crippen molar-refractivity contribution in [2.24, 2.45) is 0 Å². The summed E-state index contributed by atoms with van der Waals surface area (Å²) in [7, 11) is 0. The molecule has 0 radical (unpaired) electrons. The van der Waals surface area contributed by atoms with E-state index in [1.54, 1.807) is 6.92 Å². The Kier molecular flexibility index (Phi) is 7.31. The second-order valence-corrected chi connectivity index (χ2v) is 4.28. The van der Waals surface area contributed by atoms with E-state index >= 15 is 0 Å². The summed E-state index contributed by atoms with van der Waals surface area (Å²) in [6.07, 6.45) is -11.3. The molecule has 134 valence electrons. The van der Waals surface area contributed by atoms with Crippen LogP contribution in [0.15, 0.2) is 0 Å². The molecule has 0 spiro atoms. The summed E-state index contributed by atoms with van der Waals surface area (Å²) in [5.74, 6) is -6.78. The molecule has 0 aliphatic carbocycles. The van der Waals surface area contributed by atoms with Gasteiger partial charge in [0.15, 0.2) is 6.04 Å². The standard InChI is InChI=1S/C11H13F6NO5/c1-3-5(2)23-7(19)6(18-8(20)10(12,13)14)4-22-9(21)11(15,16)17/h5-6H,3-4H2,1-2H3,(H,18,20). The van der Waals surface area contributed by atoms with Crippen molar-refractivity contribution in [1.29, 1.82) is 0 Å². The van der Waals surface area contributed by atoms with Gasteiger partial charge in [0.25, 0.3) is 0 Å². The van der Waals surface area contributed by atoms with Crippen LogP contribution in [0.2, 0.25) is 0 Å². The van der Waals surface area contributed by atoms with Gasteiger partial charge < -0.3 is 14.8 Å². The fourth-order valence-electron chi connectivity index (χ4n) is 1.01. The van der Waals surface area contributed by atoms with Crippen molar-refractivity contribution in [2.75, 3.05) is 6.61 Å². The van der Waals surface area contributed by atoms with Crippen LogP contribution >= 0.6 is 0 Å². The quantitative estimate of drug-likeness (QED) is 0.578. The Bertz CT molecular complexity index is 447. The van der Waals surface area contributed by atoms with Crippen LogP contribution < -0.4 is 5.32 Å². The van der Waals surface area contributed by atoms with E-state index in [2.05, 4.69) is 9.47 Å². The van der Waals surface area contributed by atoms with Crippen molar-refractivity contribution in [3.63, 3.8) is 0 Å². The minimum atomic E-state index is -5.40. The molecule has 0 rings (SSSR count). The second kappa shape index (κ2) is 8.02. The van der Waals surface area contributed by atoms with Gasteiger partial charge in [0.05, 0.1) is 6.10 Å². The zero-order valence-corrected chi connectivity index (χ0v) is 11.9. The molecule has 23 heavy (non-hydrogen) atoms. The van der Waals surface area contributed by atoms with Crippen LogP contribution in [-0.4, -0.2) is 49.0 Å². The largest absolute Gasteiger partial charge is 0.490 e. The molecule has 2 atom stereocenters. The lowest BCUT2D eigenvalue weighted by atomic mass is 10.3. The molecular formula is C11H13F6NO5. The predicted octanol–water partition coefficient (Wildman–Crippen LogP) is 1.48. The summed E-state index contributed by atoms with van der Waals surface area (Å²) in [5.41, 5.74) is 0. The first-order valence-corrected chi connectivity index (χ1v) is 6.11. The smallest absolute Gasteiger partial charge is 0.461 e. The van der Waals surface area contributed by atoms with Gasteiger partial charge in [-0.2, -0.15) is 26.3 Å². The summed E-state index contributed by atoms with van der Waals surface area (Å²) in [5, 5.41) is 1.11. The van der Waals surface area contributed by atoms with Crippen molar-refractivity contribution in [3.8, 4) is 0 Å². The molecule has 0 aliphatic rings. The van der Waals surface area contributed by atoms with Crippen LogP contribution in [0.3, 0.4) is 0 Å². The van der Waals surface area contributed by atoms with Crippen molar-refractivity contribution in [2.45, 2.75) is 44.8 Å². The molecule has 0 aromatic rings. The molecule has 0 aromatic carbocycles. The summed E-state index contributed by atoms with van der Waals surface area (Å²) in [6, 6.07) is -2.23. The summed E-state index contributed by atoms with van der Waals surface area (Å²) < 4.78 is 80.6. The Balaban J connectivity index is 4.97. The van der Waals surface area contributed by atoms with Crippen molar-refractivity contribution in [1.82, 2.24) is 5.32 Å². The number of carbonyl (C=O) groups excluding carboxylic acids is 3. The summed E-state index contributed by atoms with van der Waals surface area (Å²) in [4.78, 5) is 32.8. The number of carbonyl (C=O) groups is 3. The van der Waals surface area contributed by atoms with E-state index in [1.807, 2.05) is 0 Å². The van der Waals surface area contributed by atoms with Gasteiger partial charge in [0.2, 0.25) is 0 Å². The highest BCUT2D eigenvalue weighted by Crippen LogP contribution is 2.17. The van der Waals surface area contributed by atoms with E-state index in [4.69, 9.17) is 0 Å². The number of amides is 1. The molecule has 0 fully saturated rings. The first-order valence-electron chi connectivity index (χ1n) is 6.11. The number of alkyl halides is 6. The molecule has 6 nitrogen and oxygen atoms in total. The van der Waals surface area contributed by atoms with Crippen LogP contribution in [0.25, 0.3) is 0 Å². The minimum absolute atomic E-state index is 0.258. The number of rotatable bonds is 6. The maximum Gasteiger partial charge on any atom is 0.490 e. The van der Waals surface area contributed by atoms with Crippen LogP contribution in [0, 0.1) is 0 Å². The third-order valence-electron chi connectivity index (χ3n) is 2.35. The average Bonchev–Trinajstić information content (AvgIpc) is 2.39. The first kappa shape index (κ1) is 21.0. The Labute approximate surface area is 126 Å². The number of nitrogens with one attached hydrogen (secondary N) is 1. The lowest BCUT2D eigenvalue weighted by molar-refractivity contribution is -0.201. The maximum atomic E-state index is 12.1. The molecule has 12 heteroatoms. The Morgan fingerprint density at radius 2 is 1.57 bits per heavy atom. The number of hydrogen-bond donors (Lipinski definition) is 1. The molecule has 0 saturated carbocycles. The predicted molar refractivity (Wildman–Crippen MR) is 60.8 cm³/mol. The van der Waals surface area contributed by atoms with E-state index in [-0.39, 0.29) is 6.42 Å². The molecule has 1 N–H and O–H groups in total. The highest BCUT2D eigenvalue weighted by atomic mass is 19.4. The van der Waals surface area contributed by atoms with E-state index in [0.29, 0.717) is 0 Å². The zero-order valence-electron chi connectivity index (χ0n) is 11.9. The van der Waals surface area contributed by atoms with E-state index in [9.17, 15) is 40.7 Å². The van der Waals surface area contributed by atoms with E-state index < -0.39 is 49.0 Å². The Morgan fingerprint density at radius 1 is 1.04 bits per heavy atom. The van der Waals surface area contributed by atoms with Crippen molar-refractivity contribution < 1.29 is 50.2 Å². The minimum Gasteiger partial charge on any atom is -0.461 e. The highest BCUT2D eigenvalue weighted by Gasteiger charge is 2.44. The van der Waals surface area contributed by atoms with E-state index in [0.717, 1.165) is 5.32 Å². The van der Waals surface area contributed by atoms with Gasteiger partial charge in [-0.3, -0.25) is 4.79 Å². The molecule has 1 amide bonds. The molecule has 0 saturated heterocycles. The molecule has 0 heterocycles. The van der Waals surface area contributed by atoms with Crippen LogP contribution in [-0.2, 0) is 23.9 Å². The zero-order chi connectivity index (χ0) is 18.4. The monoisotopic (exact) mass is 353 g/mol. The first-order chi connectivity index (χ1) is 10.3. The number of ether oxygens (including phenoxy) is 2. The number of esters is 2. The average molecular weight is 353 g/mol. The molecular weight excluding hydrogens is 340 g/mol. The lowest BCUT2D eigenvalue weighted by Crippen LogP contribution is -2.50. The van der Waals surface area contributed by atoms with Gasteiger partial charge >= 0.3 is 30.2 Å². The third kappa shape index (κ3) is 7.70. The highest BCUT2D eigenvalue weighted by molar-refractivity contribution is 5.88. The third-order valence-corrected chi connectivity index (χ3v) is 2.35. The fourth-order valence-corrected chi connectivity index (χ4v) is 1.01. The molecule has 0 aromatic heterocycles. The van der Waals surface area contributed by atoms with E-state index in [1.165, 1.54) is 6.92 Å². The second-order valence-electron chi connectivity index (χ2n) is 4.28. The van der Waals surface area contributed by atoms with Crippen molar-refractivity contribution in [3.05, 3.63) is 0 Å². The molecule has 0 aliphatic heterocycles. The number of hydrogen-bond acceptors (Lipinski definition) is 5. The van der Waals surface area contributed by atoms with Crippen molar-refractivity contribution >= 4 is 17.8 Å².